The molecule has 2 atom stereocenters. The Morgan fingerprint density at radius 1 is 1.14 bits per heavy atom. The fourth-order valence-corrected chi connectivity index (χ4v) is 3.73. The normalized spacial score (nSPS) is 18.2. The molecule has 9 nitrogen and oxygen atoms in total. The van der Waals surface area contributed by atoms with Gasteiger partial charge in [-0.15, -0.1) is 0 Å². The second-order valence-electron chi connectivity index (χ2n) is 8.63. The van der Waals surface area contributed by atoms with Crippen molar-refractivity contribution in [3.05, 3.63) is 28.5 Å². The number of hydrogen-bond donors (Lipinski definition) is 4. The van der Waals surface area contributed by atoms with Gasteiger partial charge in [0.1, 0.15) is 5.82 Å². The van der Waals surface area contributed by atoms with E-state index in [9.17, 15) is 41.5 Å². The topological polar surface area (TPSA) is 133 Å². The average Bonchev–Trinajstić information content (AvgIpc) is 3.52. The third-order valence-electron chi connectivity index (χ3n) is 5.66. The number of amides is 4. The fourth-order valence-electron chi connectivity index (χ4n) is 3.57. The molecule has 3 rings (SSSR count). The first-order chi connectivity index (χ1) is 16.8. The summed E-state index contributed by atoms with van der Waals surface area (Å²) in [5.41, 5.74) is -0.924. The lowest BCUT2D eigenvalue weighted by Crippen LogP contribution is -2.49. The minimum Gasteiger partial charge on any atom is -0.356 e. The molecule has 4 amide bonds. The van der Waals surface area contributed by atoms with E-state index in [1.807, 2.05) is 5.32 Å². The standard InChI is InChI=1S/C22H23ClF4N4O5/c23-13-8-12(15(9-14(13)24)30-17(32)3-5-22(25,26)27)20(35)31-16(7-10-4-6-28-19(10)34)18(33)21(36)29-11-1-2-11/h8-11,16H,1-7H2,(H,28,34)(H,29,36)(H,30,32)(H,31,35)/t10-,16-/m0/s1. The second-order valence-corrected chi connectivity index (χ2v) is 9.03. The minimum atomic E-state index is -4.61. The van der Waals surface area contributed by atoms with Crippen molar-refractivity contribution in [3.8, 4) is 0 Å². The van der Waals surface area contributed by atoms with E-state index in [1.165, 1.54) is 0 Å². The van der Waals surface area contributed by atoms with E-state index in [0.29, 0.717) is 31.9 Å². The number of halogens is 5. The van der Waals surface area contributed by atoms with E-state index in [0.717, 1.165) is 6.07 Å². The van der Waals surface area contributed by atoms with Crippen LogP contribution in [0.4, 0.5) is 23.2 Å². The summed E-state index contributed by atoms with van der Waals surface area (Å²) in [6.45, 7) is 0.355. The molecule has 2 aliphatic rings. The van der Waals surface area contributed by atoms with Crippen molar-refractivity contribution in [2.45, 2.75) is 56.8 Å². The maximum Gasteiger partial charge on any atom is 0.389 e. The van der Waals surface area contributed by atoms with Crippen LogP contribution in [0.15, 0.2) is 12.1 Å². The highest BCUT2D eigenvalue weighted by molar-refractivity contribution is 6.38. The molecule has 0 aromatic heterocycles. The maximum absolute atomic E-state index is 14.0. The van der Waals surface area contributed by atoms with Crippen LogP contribution in [0.1, 0.15) is 48.9 Å². The number of nitrogens with one attached hydrogen (secondary N) is 4. The van der Waals surface area contributed by atoms with Crippen molar-refractivity contribution < 1.29 is 41.5 Å². The number of hydrogen-bond acceptors (Lipinski definition) is 5. The minimum absolute atomic E-state index is 0.151. The largest absolute Gasteiger partial charge is 0.389 e. The molecule has 14 heteroatoms. The van der Waals surface area contributed by atoms with E-state index in [4.69, 9.17) is 11.6 Å². The predicted molar refractivity (Wildman–Crippen MR) is 118 cm³/mol. The first kappa shape index (κ1) is 27.4. The predicted octanol–water partition coefficient (Wildman–Crippen LogP) is 2.23. The zero-order chi connectivity index (χ0) is 26.6. The van der Waals surface area contributed by atoms with Crippen molar-refractivity contribution >= 4 is 46.7 Å². The first-order valence-electron chi connectivity index (χ1n) is 11.1. The number of carbonyl (C=O) groups is 5. The molecule has 0 unspecified atom stereocenters. The van der Waals surface area contributed by atoms with Crippen LogP contribution >= 0.6 is 11.6 Å². The lowest BCUT2D eigenvalue weighted by molar-refractivity contribution is -0.142. The molecule has 36 heavy (non-hydrogen) atoms. The Morgan fingerprint density at radius 2 is 1.83 bits per heavy atom. The number of anilines is 1. The van der Waals surface area contributed by atoms with Crippen molar-refractivity contribution in [3.63, 3.8) is 0 Å². The number of alkyl halides is 3. The second kappa shape index (κ2) is 11.2. The highest BCUT2D eigenvalue weighted by atomic mass is 35.5. The van der Waals surface area contributed by atoms with Crippen LogP contribution in [0.3, 0.4) is 0 Å². The van der Waals surface area contributed by atoms with Crippen molar-refractivity contribution in [2.24, 2.45) is 5.92 Å². The molecule has 1 aromatic carbocycles. The molecule has 1 saturated carbocycles. The van der Waals surface area contributed by atoms with Crippen molar-refractivity contribution in [1.29, 1.82) is 0 Å². The van der Waals surface area contributed by atoms with Gasteiger partial charge in [-0.25, -0.2) is 4.39 Å². The van der Waals surface area contributed by atoms with Gasteiger partial charge in [0.25, 0.3) is 11.8 Å². The molecular formula is C22H23ClF4N4O5. The summed E-state index contributed by atoms with van der Waals surface area (Å²) in [7, 11) is 0. The molecule has 0 radical (unpaired) electrons. The van der Waals surface area contributed by atoms with E-state index in [-0.39, 0.29) is 18.4 Å². The summed E-state index contributed by atoms with van der Waals surface area (Å²) in [4.78, 5) is 62.2. The van der Waals surface area contributed by atoms with Gasteiger partial charge in [0.05, 0.1) is 28.7 Å². The molecule has 2 fully saturated rings. The summed E-state index contributed by atoms with van der Waals surface area (Å²) in [5, 5.41) is 8.94. The third kappa shape index (κ3) is 7.64. The molecule has 1 aliphatic carbocycles. The molecule has 0 bridgehead atoms. The lowest BCUT2D eigenvalue weighted by Gasteiger charge is -2.21. The molecule has 1 aliphatic heterocycles. The summed E-state index contributed by atoms with van der Waals surface area (Å²) in [5.74, 6) is -6.21. The molecule has 0 spiro atoms. The maximum atomic E-state index is 14.0. The molecule has 196 valence electrons. The van der Waals surface area contributed by atoms with Gasteiger partial charge in [-0.3, -0.25) is 24.0 Å². The quantitative estimate of drug-likeness (QED) is 0.270. The number of rotatable bonds is 10. The molecule has 1 heterocycles. The first-order valence-corrected chi connectivity index (χ1v) is 11.5. The van der Waals surface area contributed by atoms with Crippen LogP contribution < -0.4 is 21.3 Å². The Balaban J connectivity index is 1.81. The highest BCUT2D eigenvalue weighted by Crippen LogP contribution is 2.27. The fraction of sp³-hybridized carbons (Fsp3) is 0.500. The summed E-state index contributed by atoms with van der Waals surface area (Å²) in [6, 6.07) is -0.103. The summed E-state index contributed by atoms with van der Waals surface area (Å²) in [6.07, 6.45) is -5.45. The van der Waals surface area contributed by atoms with Gasteiger partial charge >= 0.3 is 6.18 Å². The van der Waals surface area contributed by atoms with Crippen LogP contribution in [-0.4, -0.2) is 54.2 Å². The van der Waals surface area contributed by atoms with E-state index < -0.39 is 76.6 Å². The Morgan fingerprint density at radius 3 is 2.42 bits per heavy atom. The number of Topliss-reactive ketones (excluding diaryl/α,β-unsaturated/α-hetero) is 1. The molecule has 1 saturated heterocycles. The van der Waals surface area contributed by atoms with Crippen LogP contribution in [-0.2, 0) is 19.2 Å². The summed E-state index contributed by atoms with van der Waals surface area (Å²) >= 11 is 5.76. The SMILES string of the molecule is O=C(CCC(F)(F)F)Nc1cc(F)c(Cl)cc1C(=O)N[C@@H](C[C@@H]1CCNC1=O)C(=O)C(=O)NC1CC1. The molecule has 4 N–H and O–H groups in total. The van der Waals surface area contributed by atoms with Crippen LogP contribution in [0.25, 0.3) is 0 Å². The smallest absolute Gasteiger partial charge is 0.356 e. The Kier molecular flexibility index (Phi) is 8.54. The van der Waals surface area contributed by atoms with Gasteiger partial charge in [0, 0.05) is 24.9 Å². The van der Waals surface area contributed by atoms with Crippen molar-refractivity contribution in [2.75, 3.05) is 11.9 Å². The van der Waals surface area contributed by atoms with Crippen molar-refractivity contribution in [1.82, 2.24) is 16.0 Å². The Labute approximate surface area is 207 Å². The number of carbonyl (C=O) groups excluding carboxylic acids is 5. The van der Waals surface area contributed by atoms with E-state index in [2.05, 4.69) is 16.0 Å². The molecule has 1 aromatic rings. The van der Waals surface area contributed by atoms with Crippen LogP contribution in [0.5, 0.6) is 0 Å². The Hall–Kier alpha value is -3.22. The van der Waals surface area contributed by atoms with E-state index >= 15 is 0 Å². The average molecular weight is 535 g/mol. The third-order valence-corrected chi connectivity index (χ3v) is 5.95. The lowest BCUT2D eigenvalue weighted by atomic mass is 9.95. The van der Waals surface area contributed by atoms with Gasteiger partial charge in [-0.1, -0.05) is 11.6 Å². The van der Waals surface area contributed by atoms with Gasteiger partial charge in [-0.2, -0.15) is 13.2 Å². The monoisotopic (exact) mass is 534 g/mol. The zero-order valence-electron chi connectivity index (χ0n) is 18.8. The summed E-state index contributed by atoms with van der Waals surface area (Å²) < 4.78 is 51.3. The van der Waals surface area contributed by atoms with Gasteiger partial charge in [-0.05, 0) is 37.8 Å². The number of ketones is 1. The van der Waals surface area contributed by atoms with Gasteiger partial charge < -0.3 is 21.3 Å². The van der Waals surface area contributed by atoms with Gasteiger partial charge in [0.15, 0.2) is 0 Å². The zero-order valence-corrected chi connectivity index (χ0v) is 19.5. The van der Waals surface area contributed by atoms with Gasteiger partial charge in [0.2, 0.25) is 17.6 Å². The van der Waals surface area contributed by atoms with Crippen LogP contribution in [0, 0.1) is 11.7 Å². The highest BCUT2D eigenvalue weighted by Gasteiger charge is 2.36. The Bertz CT molecular complexity index is 1080. The van der Waals surface area contributed by atoms with Crippen LogP contribution in [0.2, 0.25) is 5.02 Å². The van der Waals surface area contributed by atoms with E-state index in [1.54, 1.807) is 0 Å². The molecular weight excluding hydrogens is 512 g/mol. The number of benzene rings is 1.